The fourth-order valence-corrected chi connectivity index (χ4v) is 2.13. The summed E-state index contributed by atoms with van der Waals surface area (Å²) < 4.78 is 6.76. The Kier molecular flexibility index (Phi) is 3.64. The van der Waals surface area contributed by atoms with Crippen molar-refractivity contribution in [2.24, 2.45) is 0 Å². The summed E-state index contributed by atoms with van der Waals surface area (Å²) in [7, 11) is 0. The molecule has 100 valence electrons. The molecule has 1 aromatic heterocycles. The van der Waals surface area contributed by atoms with E-state index in [1.165, 1.54) is 10.8 Å². The molecule has 2 rings (SSSR count). The van der Waals surface area contributed by atoms with Crippen LogP contribution in [0.5, 0.6) is 0 Å². The predicted octanol–water partition coefficient (Wildman–Crippen LogP) is -1.17. The molecule has 0 aromatic carbocycles. The number of aliphatic hydroxyl groups is 3. The Hall–Kier alpha value is -1.06. The van der Waals surface area contributed by atoms with E-state index in [2.05, 4.69) is 4.98 Å². The van der Waals surface area contributed by atoms with E-state index in [1.54, 1.807) is 6.92 Å². The topological polar surface area (TPSA) is 108 Å². The number of H-pyrrole nitrogens is 1. The quantitative estimate of drug-likeness (QED) is 0.506. The molecule has 1 fully saturated rings. The van der Waals surface area contributed by atoms with Gasteiger partial charge in [-0.05, 0) is 19.1 Å². The van der Waals surface area contributed by atoms with Crippen LogP contribution in [-0.4, -0.2) is 49.8 Å². The molecule has 1 aliphatic rings. The van der Waals surface area contributed by atoms with Crippen molar-refractivity contribution in [1.82, 2.24) is 9.55 Å². The maximum Gasteiger partial charge on any atom is 0.254 e. The lowest BCUT2D eigenvalue weighted by atomic mass is 10.1. The number of aromatic nitrogens is 2. The molecular formula is C10H14N2O5S. The van der Waals surface area contributed by atoms with E-state index < -0.39 is 31.1 Å². The van der Waals surface area contributed by atoms with Gasteiger partial charge in [0.1, 0.15) is 18.3 Å². The van der Waals surface area contributed by atoms with E-state index in [1.807, 2.05) is 0 Å². The number of aromatic amines is 1. The van der Waals surface area contributed by atoms with E-state index in [0.29, 0.717) is 5.56 Å². The summed E-state index contributed by atoms with van der Waals surface area (Å²) in [6.07, 6.45) is -2.78. The molecule has 0 saturated carbocycles. The van der Waals surface area contributed by atoms with Crippen molar-refractivity contribution in [3.8, 4) is 0 Å². The van der Waals surface area contributed by atoms with Gasteiger partial charge in [0.2, 0.25) is 0 Å². The fraction of sp³-hybridized carbons (Fsp3) is 0.600. The number of hydrogen-bond donors (Lipinski definition) is 4. The Labute approximate surface area is 107 Å². The maximum atomic E-state index is 11.3. The lowest BCUT2D eigenvalue weighted by Gasteiger charge is -2.18. The highest BCUT2D eigenvalue weighted by atomic mass is 32.1. The summed E-state index contributed by atoms with van der Waals surface area (Å²) in [4.78, 5) is 13.8. The number of rotatable bonds is 2. The molecule has 1 aliphatic heterocycles. The van der Waals surface area contributed by atoms with Gasteiger partial charge in [-0.1, -0.05) is 0 Å². The summed E-state index contributed by atoms with van der Waals surface area (Å²) in [5.74, 6) is 0. The molecule has 4 atom stereocenters. The van der Waals surface area contributed by atoms with Crippen molar-refractivity contribution < 1.29 is 20.1 Å². The Bertz CT molecular complexity index is 554. The van der Waals surface area contributed by atoms with Crippen LogP contribution in [0.1, 0.15) is 11.8 Å². The van der Waals surface area contributed by atoms with Crippen LogP contribution in [0.3, 0.4) is 0 Å². The number of aryl methyl sites for hydroxylation is 1. The first-order chi connectivity index (χ1) is 8.45. The summed E-state index contributed by atoms with van der Waals surface area (Å²) in [6.45, 7) is 1.18. The van der Waals surface area contributed by atoms with Crippen molar-refractivity contribution >= 4 is 12.2 Å². The highest BCUT2D eigenvalue weighted by Gasteiger charge is 2.43. The fourth-order valence-electron chi connectivity index (χ4n) is 1.88. The third-order valence-electron chi connectivity index (χ3n) is 2.94. The molecule has 0 bridgehead atoms. The molecule has 0 radical (unpaired) electrons. The highest BCUT2D eigenvalue weighted by Crippen LogP contribution is 2.29. The predicted molar refractivity (Wildman–Crippen MR) is 63.6 cm³/mol. The second kappa shape index (κ2) is 4.90. The Balaban J connectivity index is 2.42. The van der Waals surface area contributed by atoms with Crippen LogP contribution in [0.15, 0.2) is 11.0 Å². The van der Waals surface area contributed by atoms with Crippen LogP contribution >= 0.6 is 12.2 Å². The molecule has 0 aliphatic carbocycles. The number of ether oxygens (including phenoxy) is 1. The molecule has 18 heavy (non-hydrogen) atoms. The van der Waals surface area contributed by atoms with E-state index in [4.69, 9.17) is 22.1 Å². The van der Waals surface area contributed by atoms with Crippen molar-refractivity contribution in [3.05, 3.63) is 26.9 Å². The van der Waals surface area contributed by atoms with Crippen LogP contribution in [-0.2, 0) is 4.74 Å². The first-order valence-corrected chi connectivity index (χ1v) is 5.81. The molecule has 0 spiro atoms. The number of nitrogens with one attached hydrogen (secondary N) is 1. The van der Waals surface area contributed by atoms with Gasteiger partial charge in [-0.2, -0.15) is 0 Å². The minimum atomic E-state index is -1.22. The minimum absolute atomic E-state index is 0.0837. The molecule has 2 heterocycles. The van der Waals surface area contributed by atoms with Gasteiger partial charge in [0, 0.05) is 11.8 Å². The van der Waals surface area contributed by atoms with Crippen LogP contribution in [0.25, 0.3) is 0 Å². The lowest BCUT2D eigenvalue weighted by molar-refractivity contribution is -0.0542. The molecule has 4 N–H and O–H groups in total. The van der Waals surface area contributed by atoms with Gasteiger partial charge >= 0.3 is 0 Å². The lowest BCUT2D eigenvalue weighted by Crippen LogP contribution is -2.33. The zero-order valence-electron chi connectivity index (χ0n) is 9.61. The SMILES string of the molecule is Cc1cn([C@@H]2O[C@@H](CO)[C@@H](O)[C@H]2O)c(=S)[nH]c1=O. The molecule has 7 nitrogen and oxygen atoms in total. The molecule has 8 heteroatoms. The molecule has 1 saturated heterocycles. The van der Waals surface area contributed by atoms with Crippen molar-refractivity contribution in [2.45, 2.75) is 31.5 Å². The van der Waals surface area contributed by atoms with Gasteiger partial charge in [-0.25, -0.2) is 0 Å². The Morgan fingerprint density at radius 3 is 2.72 bits per heavy atom. The maximum absolute atomic E-state index is 11.3. The van der Waals surface area contributed by atoms with Gasteiger partial charge < -0.3 is 20.1 Å². The van der Waals surface area contributed by atoms with E-state index >= 15 is 0 Å². The van der Waals surface area contributed by atoms with E-state index in [9.17, 15) is 15.0 Å². The van der Waals surface area contributed by atoms with Crippen LogP contribution in [0, 0.1) is 11.7 Å². The van der Waals surface area contributed by atoms with Gasteiger partial charge in [0.05, 0.1) is 6.61 Å². The minimum Gasteiger partial charge on any atom is -0.394 e. The zero-order chi connectivity index (χ0) is 13.4. The largest absolute Gasteiger partial charge is 0.394 e. The van der Waals surface area contributed by atoms with E-state index in [-0.39, 0.29) is 10.3 Å². The number of hydrogen-bond acceptors (Lipinski definition) is 6. The standard InChI is InChI=1S/C10H14N2O5S/c1-4-2-12(10(18)11-8(4)16)9-7(15)6(14)5(3-13)17-9/h2,5-7,9,13-15H,3H2,1H3,(H,11,16,18)/t5-,6+,7+,9+/m0/s1. The molecule has 0 amide bonds. The van der Waals surface area contributed by atoms with Crippen LogP contribution in [0.4, 0.5) is 0 Å². The van der Waals surface area contributed by atoms with Crippen molar-refractivity contribution in [2.75, 3.05) is 6.61 Å². The average Bonchev–Trinajstić information content (AvgIpc) is 2.61. The number of nitrogens with zero attached hydrogens (tertiary/aromatic N) is 1. The van der Waals surface area contributed by atoms with Crippen molar-refractivity contribution in [3.63, 3.8) is 0 Å². The van der Waals surface area contributed by atoms with Gasteiger partial charge in [0.25, 0.3) is 5.56 Å². The Morgan fingerprint density at radius 1 is 1.50 bits per heavy atom. The van der Waals surface area contributed by atoms with Crippen LogP contribution < -0.4 is 5.56 Å². The second-order valence-corrected chi connectivity index (χ2v) is 4.59. The number of aliphatic hydroxyl groups excluding tert-OH is 3. The van der Waals surface area contributed by atoms with Gasteiger partial charge in [-0.3, -0.25) is 14.3 Å². The summed E-state index contributed by atoms with van der Waals surface area (Å²) in [6, 6.07) is 0. The summed E-state index contributed by atoms with van der Waals surface area (Å²) in [5, 5.41) is 28.5. The molecule has 1 aromatic rings. The first kappa shape index (κ1) is 13.4. The average molecular weight is 274 g/mol. The molecular weight excluding hydrogens is 260 g/mol. The Morgan fingerprint density at radius 2 is 2.17 bits per heavy atom. The van der Waals surface area contributed by atoms with Gasteiger partial charge in [-0.15, -0.1) is 0 Å². The monoisotopic (exact) mass is 274 g/mol. The van der Waals surface area contributed by atoms with Crippen LogP contribution in [0.2, 0.25) is 0 Å². The zero-order valence-corrected chi connectivity index (χ0v) is 10.4. The first-order valence-electron chi connectivity index (χ1n) is 5.40. The van der Waals surface area contributed by atoms with E-state index in [0.717, 1.165) is 0 Å². The smallest absolute Gasteiger partial charge is 0.254 e. The third kappa shape index (κ3) is 2.13. The second-order valence-electron chi connectivity index (χ2n) is 4.21. The summed E-state index contributed by atoms with van der Waals surface area (Å²) in [5.41, 5.74) is 0.0873. The van der Waals surface area contributed by atoms with Crippen molar-refractivity contribution in [1.29, 1.82) is 0 Å². The summed E-state index contributed by atoms with van der Waals surface area (Å²) >= 11 is 4.97. The highest BCUT2D eigenvalue weighted by molar-refractivity contribution is 7.71. The van der Waals surface area contributed by atoms with Gasteiger partial charge in [0.15, 0.2) is 11.0 Å². The third-order valence-corrected chi connectivity index (χ3v) is 3.25. The molecule has 0 unspecified atom stereocenters. The normalized spacial score (nSPS) is 31.8.